The van der Waals surface area contributed by atoms with Crippen LogP contribution in [-0.4, -0.2) is 23.3 Å². The number of pyridine rings is 1. The van der Waals surface area contributed by atoms with Crippen LogP contribution < -0.4 is 16.2 Å². The third-order valence-electron chi connectivity index (χ3n) is 2.89. The van der Waals surface area contributed by atoms with Gasteiger partial charge in [0.05, 0.1) is 0 Å². The molecule has 0 saturated carbocycles. The summed E-state index contributed by atoms with van der Waals surface area (Å²) in [7, 11) is 0. The van der Waals surface area contributed by atoms with Crippen LogP contribution >= 0.6 is 31.9 Å². The number of anilines is 1. The number of halogens is 2. The topological polar surface area (TPSA) is 91.1 Å². The molecule has 0 fully saturated rings. The van der Waals surface area contributed by atoms with Crippen LogP contribution in [0.5, 0.6) is 0 Å². The highest BCUT2D eigenvalue weighted by atomic mass is 79.9. The number of rotatable bonds is 5. The van der Waals surface area contributed by atoms with Crippen molar-refractivity contribution < 1.29 is 9.59 Å². The molecule has 6 nitrogen and oxygen atoms in total. The van der Waals surface area contributed by atoms with E-state index in [1.54, 1.807) is 24.3 Å². The van der Waals surface area contributed by atoms with Gasteiger partial charge in [0, 0.05) is 33.7 Å². The van der Waals surface area contributed by atoms with E-state index in [2.05, 4.69) is 47.5 Å². The van der Waals surface area contributed by atoms with E-state index in [4.69, 9.17) is 0 Å². The summed E-state index contributed by atoms with van der Waals surface area (Å²) in [4.78, 5) is 37.7. The predicted octanol–water partition coefficient (Wildman–Crippen LogP) is 2.66. The van der Waals surface area contributed by atoms with Gasteiger partial charge in [-0.25, -0.2) is 0 Å². The average Bonchev–Trinajstić information content (AvgIpc) is 2.51. The predicted molar refractivity (Wildman–Crippen MR) is 94.5 cm³/mol. The summed E-state index contributed by atoms with van der Waals surface area (Å²) in [5, 5.41) is 5.15. The van der Waals surface area contributed by atoms with Crippen LogP contribution in [0.2, 0.25) is 0 Å². The van der Waals surface area contributed by atoms with Crippen LogP contribution in [0.15, 0.2) is 50.3 Å². The van der Waals surface area contributed by atoms with Crippen molar-refractivity contribution in [2.24, 2.45) is 0 Å². The van der Waals surface area contributed by atoms with E-state index >= 15 is 0 Å². The molecule has 0 atom stereocenters. The van der Waals surface area contributed by atoms with Gasteiger partial charge in [-0.15, -0.1) is 0 Å². The van der Waals surface area contributed by atoms with E-state index < -0.39 is 0 Å². The molecule has 2 rings (SSSR count). The fourth-order valence-corrected chi connectivity index (χ4v) is 2.36. The third kappa shape index (κ3) is 5.33. The van der Waals surface area contributed by atoms with Gasteiger partial charge in [-0.2, -0.15) is 0 Å². The van der Waals surface area contributed by atoms with Crippen molar-refractivity contribution in [3.8, 4) is 0 Å². The number of H-pyrrole nitrogens is 1. The number of amides is 2. The summed E-state index contributed by atoms with van der Waals surface area (Å²) in [5.74, 6) is -0.615. The lowest BCUT2D eigenvalue weighted by Gasteiger charge is -2.07. The molecule has 2 amide bonds. The molecule has 2 aromatic rings. The summed E-state index contributed by atoms with van der Waals surface area (Å²) in [5.41, 5.74) is 0.279. The van der Waals surface area contributed by atoms with Gasteiger partial charge >= 0.3 is 0 Å². The standard InChI is InChI=1S/C15H13Br2N3O3/c16-10-3-1-9(2-4-10)14(22)18-6-5-13(21)20-12-7-11(17)8-19-15(12)23/h1-4,7-8H,5-6H2,(H,18,22)(H,19,23)(H,20,21). The van der Waals surface area contributed by atoms with Crippen LogP contribution in [0.3, 0.4) is 0 Å². The molecule has 0 aliphatic heterocycles. The highest BCUT2D eigenvalue weighted by molar-refractivity contribution is 9.10. The van der Waals surface area contributed by atoms with E-state index in [1.807, 2.05) is 0 Å². The molecule has 3 N–H and O–H groups in total. The van der Waals surface area contributed by atoms with Crippen LogP contribution in [0.25, 0.3) is 0 Å². The Morgan fingerprint density at radius 2 is 1.78 bits per heavy atom. The summed E-state index contributed by atoms with van der Waals surface area (Å²) < 4.78 is 1.53. The molecular formula is C15H13Br2N3O3. The van der Waals surface area contributed by atoms with Crippen molar-refractivity contribution in [3.63, 3.8) is 0 Å². The van der Waals surface area contributed by atoms with Crippen LogP contribution in [0, 0.1) is 0 Å². The molecule has 120 valence electrons. The molecule has 0 bridgehead atoms. The monoisotopic (exact) mass is 441 g/mol. The van der Waals surface area contributed by atoms with Crippen LogP contribution in [-0.2, 0) is 4.79 Å². The number of carbonyl (C=O) groups excluding carboxylic acids is 2. The Kier molecular flexibility index (Phi) is 6.12. The summed E-state index contributed by atoms with van der Waals surface area (Å²) in [6.07, 6.45) is 1.55. The first kappa shape index (κ1) is 17.4. The Morgan fingerprint density at radius 3 is 2.48 bits per heavy atom. The van der Waals surface area contributed by atoms with Crippen LogP contribution in [0.4, 0.5) is 5.69 Å². The number of carbonyl (C=O) groups is 2. The minimum absolute atomic E-state index is 0.0637. The number of hydrogen-bond acceptors (Lipinski definition) is 3. The molecule has 0 unspecified atom stereocenters. The Balaban J connectivity index is 1.83. The molecule has 1 aromatic carbocycles. The van der Waals surface area contributed by atoms with Gasteiger partial charge in [0.15, 0.2) is 0 Å². The Morgan fingerprint density at radius 1 is 1.09 bits per heavy atom. The van der Waals surface area contributed by atoms with Gasteiger partial charge in [-0.1, -0.05) is 15.9 Å². The summed E-state index contributed by atoms with van der Waals surface area (Å²) in [6.45, 7) is 0.173. The maximum Gasteiger partial charge on any atom is 0.271 e. The van der Waals surface area contributed by atoms with E-state index in [1.165, 1.54) is 12.3 Å². The Bertz CT molecular complexity index is 772. The van der Waals surface area contributed by atoms with Crippen molar-refractivity contribution in [1.82, 2.24) is 10.3 Å². The zero-order valence-corrected chi connectivity index (χ0v) is 15.0. The molecule has 1 aromatic heterocycles. The highest BCUT2D eigenvalue weighted by Gasteiger charge is 2.08. The van der Waals surface area contributed by atoms with E-state index in [0.717, 1.165) is 4.47 Å². The fraction of sp³-hybridized carbons (Fsp3) is 0.133. The molecule has 23 heavy (non-hydrogen) atoms. The van der Waals surface area contributed by atoms with Gasteiger partial charge < -0.3 is 15.6 Å². The first-order valence-electron chi connectivity index (χ1n) is 6.67. The first-order chi connectivity index (χ1) is 11.0. The molecule has 0 spiro atoms. The lowest BCUT2D eigenvalue weighted by Crippen LogP contribution is -2.28. The second-order valence-corrected chi connectivity index (χ2v) is 6.45. The number of benzene rings is 1. The quantitative estimate of drug-likeness (QED) is 0.664. The van der Waals surface area contributed by atoms with Crippen LogP contribution in [0.1, 0.15) is 16.8 Å². The molecule has 0 aliphatic carbocycles. The lowest BCUT2D eigenvalue weighted by atomic mass is 10.2. The minimum Gasteiger partial charge on any atom is -0.352 e. The smallest absolute Gasteiger partial charge is 0.271 e. The molecule has 0 aliphatic rings. The second kappa shape index (κ2) is 8.07. The highest BCUT2D eigenvalue weighted by Crippen LogP contribution is 2.11. The summed E-state index contributed by atoms with van der Waals surface area (Å²) in [6, 6.07) is 8.40. The number of hydrogen-bond donors (Lipinski definition) is 3. The van der Waals surface area contributed by atoms with Gasteiger partial charge in [0.1, 0.15) is 5.69 Å². The molecule has 8 heteroatoms. The number of nitrogens with one attached hydrogen (secondary N) is 3. The second-order valence-electron chi connectivity index (χ2n) is 4.62. The largest absolute Gasteiger partial charge is 0.352 e. The molecular weight excluding hydrogens is 430 g/mol. The Labute approximate surface area is 148 Å². The first-order valence-corrected chi connectivity index (χ1v) is 8.26. The van der Waals surface area contributed by atoms with E-state index in [-0.39, 0.29) is 36.0 Å². The summed E-state index contributed by atoms with van der Waals surface area (Å²) >= 11 is 6.50. The average molecular weight is 443 g/mol. The van der Waals surface area contributed by atoms with Gasteiger partial charge in [0.2, 0.25) is 5.91 Å². The van der Waals surface area contributed by atoms with Gasteiger partial charge in [-0.3, -0.25) is 14.4 Å². The fourth-order valence-electron chi connectivity index (χ4n) is 1.76. The van der Waals surface area contributed by atoms with Gasteiger partial charge in [0.25, 0.3) is 11.5 Å². The normalized spacial score (nSPS) is 10.2. The van der Waals surface area contributed by atoms with Crippen molar-refractivity contribution in [3.05, 3.63) is 61.4 Å². The van der Waals surface area contributed by atoms with Crippen molar-refractivity contribution in [2.45, 2.75) is 6.42 Å². The molecule has 1 heterocycles. The zero-order chi connectivity index (χ0) is 16.8. The maximum absolute atomic E-state index is 11.9. The minimum atomic E-state index is -0.388. The maximum atomic E-state index is 11.9. The molecule has 0 saturated heterocycles. The Hall–Kier alpha value is -1.93. The van der Waals surface area contributed by atoms with E-state index in [0.29, 0.717) is 10.0 Å². The third-order valence-corrected chi connectivity index (χ3v) is 3.87. The van der Waals surface area contributed by atoms with Gasteiger partial charge in [-0.05, 0) is 46.3 Å². The zero-order valence-electron chi connectivity index (χ0n) is 11.9. The molecule has 0 radical (unpaired) electrons. The van der Waals surface area contributed by atoms with Crippen molar-refractivity contribution in [2.75, 3.05) is 11.9 Å². The van der Waals surface area contributed by atoms with E-state index in [9.17, 15) is 14.4 Å². The number of aromatic nitrogens is 1. The number of aromatic amines is 1. The SMILES string of the molecule is O=C(CCNC(=O)c1ccc(Br)cc1)Nc1cc(Br)c[nH]c1=O. The lowest BCUT2D eigenvalue weighted by molar-refractivity contribution is -0.116. The van der Waals surface area contributed by atoms with Crippen molar-refractivity contribution in [1.29, 1.82) is 0 Å². The van der Waals surface area contributed by atoms with Crippen molar-refractivity contribution >= 4 is 49.4 Å².